The molecule has 2 rings (SSSR count). The number of hydrogen-bond acceptors (Lipinski definition) is 4. The van der Waals surface area contributed by atoms with Crippen LogP contribution in [0.25, 0.3) is 0 Å². The number of methoxy groups -OCH3 is 1. The van der Waals surface area contributed by atoms with Gasteiger partial charge in [-0.15, -0.1) is 0 Å². The Kier molecular flexibility index (Phi) is 4.73. The van der Waals surface area contributed by atoms with Crippen molar-refractivity contribution in [2.24, 2.45) is 0 Å². The number of aryl methyl sites for hydroxylation is 1. The quantitative estimate of drug-likeness (QED) is 0.931. The first-order valence-corrected chi connectivity index (χ1v) is 7.11. The lowest BCUT2D eigenvalue weighted by atomic mass is 10.0. The highest BCUT2D eigenvalue weighted by molar-refractivity contribution is 9.10. The van der Waals surface area contributed by atoms with Crippen molar-refractivity contribution in [3.8, 4) is 5.75 Å². The van der Waals surface area contributed by atoms with Gasteiger partial charge < -0.3 is 9.84 Å². The number of hydrogen-bond donors (Lipinski definition) is 1. The third-order valence-electron chi connectivity index (χ3n) is 3.24. The number of pyridine rings is 2. The van der Waals surface area contributed by atoms with E-state index >= 15 is 0 Å². The fourth-order valence-corrected chi connectivity index (χ4v) is 2.72. The van der Waals surface area contributed by atoms with Gasteiger partial charge in [0.05, 0.1) is 12.8 Å². The second-order valence-electron chi connectivity index (χ2n) is 4.64. The predicted octanol–water partition coefficient (Wildman–Crippen LogP) is 3.14. The average molecular weight is 337 g/mol. The highest BCUT2D eigenvalue weighted by atomic mass is 79.9. The first-order chi connectivity index (χ1) is 9.54. The number of ether oxygens (including phenoxy) is 1. The van der Waals surface area contributed by atoms with Crippen LogP contribution in [0.5, 0.6) is 5.75 Å². The highest BCUT2D eigenvalue weighted by Crippen LogP contribution is 2.28. The van der Waals surface area contributed by atoms with Crippen LogP contribution < -0.4 is 4.74 Å². The van der Waals surface area contributed by atoms with E-state index < -0.39 is 6.10 Å². The van der Waals surface area contributed by atoms with Crippen molar-refractivity contribution in [1.29, 1.82) is 0 Å². The van der Waals surface area contributed by atoms with Crippen molar-refractivity contribution in [3.63, 3.8) is 0 Å². The summed E-state index contributed by atoms with van der Waals surface area (Å²) in [4.78, 5) is 8.61. The SMILES string of the molecule is COc1c(C)cnc(CC(O)c2ncccc2Br)c1C. The van der Waals surface area contributed by atoms with E-state index in [-0.39, 0.29) is 0 Å². The molecule has 2 aromatic heterocycles. The summed E-state index contributed by atoms with van der Waals surface area (Å²) in [5.41, 5.74) is 3.38. The monoisotopic (exact) mass is 336 g/mol. The van der Waals surface area contributed by atoms with Crippen LogP contribution in [0.1, 0.15) is 28.6 Å². The maximum absolute atomic E-state index is 10.3. The molecule has 106 valence electrons. The summed E-state index contributed by atoms with van der Waals surface area (Å²) in [5, 5.41) is 10.3. The van der Waals surface area contributed by atoms with Gasteiger partial charge in [0.2, 0.25) is 0 Å². The predicted molar refractivity (Wildman–Crippen MR) is 80.9 cm³/mol. The maximum Gasteiger partial charge on any atom is 0.128 e. The van der Waals surface area contributed by atoms with Crippen LogP contribution in [0, 0.1) is 13.8 Å². The van der Waals surface area contributed by atoms with Gasteiger partial charge >= 0.3 is 0 Å². The first kappa shape index (κ1) is 14.9. The van der Waals surface area contributed by atoms with Gasteiger partial charge in [-0.1, -0.05) is 0 Å². The van der Waals surface area contributed by atoms with Gasteiger partial charge in [0.25, 0.3) is 0 Å². The van der Waals surface area contributed by atoms with E-state index in [2.05, 4.69) is 25.9 Å². The zero-order valence-corrected chi connectivity index (χ0v) is 13.3. The molecule has 0 aliphatic heterocycles. The summed E-state index contributed by atoms with van der Waals surface area (Å²) in [6.45, 7) is 3.91. The third-order valence-corrected chi connectivity index (χ3v) is 3.91. The number of halogens is 1. The summed E-state index contributed by atoms with van der Waals surface area (Å²) in [6.07, 6.45) is 3.13. The van der Waals surface area contributed by atoms with E-state index in [0.717, 1.165) is 27.0 Å². The van der Waals surface area contributed by atoms with E-state index in [0.29, 0.717) is 12.1 Å². The number of aromatic nitrogens is 2. The fourth-order valence-electron chi connectivity index (χ4n) is 2.20. The second-order valence-corrected chi connectivity index (χ2v) is 5.49. The summed E-state index contributed by atoms with van der Waals surface area (Å²) < 4.78 is 6.18. The van der Waals surface area contributed by atoms with Crippen LogP contribution in [0.3, 0.4) is 0 Å². The van der Waals surface area contributed by atoms with E-state index in [1.165, 1.54) is 0 Å². The molecule has 0 saturated heterocycles. The minimum atomic E-state index is -0.704. The molecule has 4 nitrogen and oxygen atoms in total. The van der Waals surface area contributed by atoms with E-state index in [1.54, 1.807) is 19.5 Å². The molecule has 0 fully saturated rings. The maximum atomic E-state index is 10.3. The minimum Gasteiger partial charge on any atom is -0.496 e. The molecular formula is C15H17BrN2O2. The van der Waals surface area contributed by atoms with Gasteiger partial charge in [-0.25, -0.2) is 0 Å². The van der Waals surface area contributed by atoms with Crippen LogP contribution in [0.15, 0.2) is 29.0 Å². The first-order valence-electron chi connectivity index (χ1n) is 6.32. The average Bonchev–Trinajstić information content (AvgIpc) is 2.43. The van der Waals surface area contributed by atoms with Crippen molar-refractivity contribution in [3.05, 3.63) is 51.5 Å². The second kappa shape index (κ2) is 6.33. The Morgan fingerprint density at radius 2 is 2.10 bits per heavy atom. The molecule has 2 heterocycles. The number of aliphatic hydroxyl groups is 1. The van der Waals surface area contributed by atoms with E-state index in [4.69, 9.17) is 4.74 Å². The molecule has 5 heteroatoms. The van der Waals surface area contributed by atoms with Gasteiger partial charge in [-0.2, -0.15) is 0 Å². The van der Waals surface area contributed by atoms with Crippen molar-refractivity contribution < 1.29 is 9.84 Å². The van der Waals surface area contributed by atoms with Crippen LogP contribution in [-0.4, -0.2) is 22.2 Å². The van der Waals surface area contributed by atoms with Crippen LogP contribution in [0.4, 0.5) is 0 Å². The van der Waals surface area contributed by atoms with Gasteiger partial charge in [0.1, 0.15) is 11.9 Å². The van der Waals surface area contributed by atoms with Gasteiger partial charge in [0, 0.05) is 40.1 Å². The van der Waals surface area contributed by atoms with E-state index in [9.17, 15) is 5.11 Å². The largest absolute Gasteiger partial charge is 0.496 e. The van der Waals surface area contributed by atoms with Crippen molar-refractivity contribution in [2.45, 2.75) is 26.4 Å². The highest BCUT2D eigenvalue weighted by Gasteiger charge is 2.17. The van der Waals surface area contributed by atoms with Crippen LogP contribution in [-0.2, 0) is 6.42 Å². The number of rotatable bonds is 4. The topological polar surface area (TPSA) is 55.2 Å². The minimum absolute atomic E-state index is 0.401. The number of aliphatic hydroxyl groups excluding tert-OH is 1. The van der Waals surface area contributed by atoms with E-state index in [1.807, 2.05) is 26.0 Å². The molecular weight excluding hydrogens is 320 g/mol. The Labute approximate surface area is 127 Å². The Morgan fingerprint density at radius 1 is 1.35 bits per heavy atom. The molecule has 20 heavy (non-hydrogen) atoms. The van der Waals surface area contributed by atoms with Gasteiger partial charge in [-0.05, 0) is 41.9 Å². The molecule has 2 aromatic rings. The third kappa shape index (κ3) is 2.99. The molecule has 0 aliphatic rings. The Bertz CT molecular complexity index is 617. The number of nitrogens with zero attached hydrogens (tertiary/aromatic N) is 2. The smallest absolute Gasteiger partial charge is 0.128 e. The lowest BCUT2D eigenvalue weighted by molar-refractivity contribution is 0.171. The van der Waals surface area contributed by atoms with Crippen molar-refractivity contribution in [2.75, 3.05) is 7.11 Å². The fraction of sp³-hybridized carbons (Fsp3) is 0.333. The molecule has 1 atom stereocenters. The summed E-state index contributed by atoms with van der Waals surface area (Å²) >= 11 is 3.40. The standard InChI is InChI=1S/C15H17BrN2O2/c1-9-8-18-12(10(2)15(9)20-3)7-13(19)14-11(16)5-4-6-17-14/h4-6,8,13,19H,7H2,1-3H3. The Balaban J connectivity index is 2.29. The summed E-state index contributed by atoms with van der Waals surface area (Å²) in [5.74, 6) is 0.822. The lowest BCUT2D eigenvalue weighted by Gasteiger charge is -2.15. The summed E-state index contributed by atoms with van der Waals surface area (Å²) in [7, 11) is 1.64. The molecule has 0 spiro atoms. The van der Waals surface area contributed by atoms with Crippen LogP contribution >= 0.6 is 15.9 Å². The Hall–Kier alpha value is -1.46. The molecule has 0 amide bonds. The van der Waals surface area contributed by atoms with Gasteiger partial charge in [-0.3, -0.25) is 9.97 Å². The molecule has 0 aliphatic carbocycles. The zero-order valence-electron chi connectivity index (χ0n) is 11.7. The molecule has 1 unspecified atom stereocenters. The zero-order chi connectivity index (χ0) is 14.7. The normalized spacial score (nSPS) is 12.2. The lowest BCUT2D eigenvalue weighted by Crippen LogP contribution is -2.08. The molecule has 0 aromatic carbocycles. The summed E-state index contributed by atoms with van der Waals surface area (Å²) in [6, 6.07) is 3.68. The van der Waals surface area contributed by atoms with Crippen molar-refractivity contribution >= 4 is 15.9 Å². The molecule has 0 radical (unpaired) electrons. The molecule has 0 bridgehead atoms. The Morgan fingerprint density at radius 3 is 2.75 bits per heavy atom. The van der Waals surface area contributed by atoms with Crippen LogP contribution in [0.2, 0.25) is 0 Å². The molecule has 1 N–H and O–H groups in total. The molecule has 0 saturated carbocycles. The van der Waals surface area contributed by atoms with Gasteiger partial charge in [0.15, 0.2) is 0 Å². The van der Waals surface area contributed by atoms with Crippen molar-refractivity contribution in [1.82, 2.24) is 9.97 Å².